The molecule has 0 bridgehead atoms. The second-order valence-corrected chi connectivity index (χ2v) is 8.19. The summed E-state index contributed by atoms with van der Waals surface area (Å²) in [5.41, 5.74) is 0.734. The second-order valence-electron chi connectivity index (χ2n) is 8.19. The Morgan fingerprint density at radius 3 is 2.71 bits per heavy atom. The maximum absolute atomic E-state index is 14.6. The fourth-order valence-electron chi connectivity index (χ4n) is 4.25. The molecule has 2 fully saturated rings. The maximum atomic E-state index is 14.6. The van der Waals surface area contributed by atoms with Gasteiger partial charge in [-0.05, 0) is 50.7 Å². The van der Waals surface area contributed by atoms with Crippen LogP contribution >= 0.6 is 0 Å². The molecular weight excluding hydrogens is 399 g/mol. The molecule has 1 saturated carbocycles. The number of aromatic nitrogens is 3. The predicted octanol–water partition coefficient (Wildman–Crippen LogP) is 3.55. The molecule has 31 heavy (non-hydrogen) atoms. The fourth-order valence-corrected chi connectivity index (χ4v) is 4.25. The van der Waals surface area contributed by atoms with Crippen molar-refractivity contribution in [2.45, 2.75) is 64.0 Å². The molecule has 168 valence electrons. The van der Waals surface area contributed by atoms with Crippen LogP contribution in [0.1, 0.15) is 54.7 Å². The number of nitrogens with zero attached hydrogens (tertiary/aromatic N) is 4. The van der Waals surface area contributed by atoms with Crippen molar-refractivity contribution in [3.05, 3.63) is 30.3 Å². The lowest BCUT2D eigenvalue weighted by atomic mass is 9.91. The first kappa shape index (κ1) is 21.1. The Morgan fingerprint density at radius 2 is 1.97 bits per heavy atom. The quantitative estimate of drug-likeness (QED) is 0.753. The Hall–Kier alpha value is -3.10. The summed E-state index contributed by atoms with van der Waals surface area (Å²) in [7, 11) is 0. The average Bonchev–Trinajstić information content (AvgIpc) is 2.76. The van der Waals surface area contributed by atoms with Gasteiger partial charge in [0, 0.05) is 46.6 Å². The van der Waals surface area contributed by atoms with Crippen molar-refractivity contribution in [1.29, 1.82) is 0 Å². The second kappa shape index (κ2) is 9.36. The van der Waals surface area contributed by atoms with Gasteiger partial charge in [0.25, 0.3) is 0 Å². The number of rotatable bonds is 5. The Kier molecular flexibility index (Phi) is 6.39. The summed E-state index contributed by atoms with van der Waals surface area (Å²) >= 11 is 0. The van der Waals surface area contributed by atoms with Crippen molar-refractivity contribution in [3.63, 3.8) is 0 Å². The zero-order valence-electron chi connectivity index (χ0n) is 17.6. The molecule has 0 radical (unpaired) electrons. The van der Waals surface area contributed by atoms with E-state index in [1.165, 1.54) is 13.1 Å². The highest BCUT2D eigenvalue weighted by Crippen LogP contribution is 2.27. The lowest BCUT2D eigenvalue weighted by Gasteiger charge is -2.29. The average molecular weight is 431 g/mol. The molecule has 3 heterocycles. The fraction of sp³-hybridized carbons (Fsp3) is 0.500. The van der Waals surface area contributed by atoms with E-state index in [-0.39, 0.29) is 32.4 Å². The molecule has 1 aliphatic carbocycles. The molecule has 8 nitrogen and oxygen atoms in total. The number of pyridine rings is 1. The van der Waals surface area contributed by atoms with E-state index in [9.17, 15) is 14.0 Å². The molecule has 4 rings (SSSR count). The van der Waals surface area contributed by atoms with Gasteiger partial charge in [-0.1, -0.05) is 0 Å². The van der Waals surface area contributed by atoms with Gasteiger partial charge in [0.05, 0.1) is 6.20 Å². The lowest BCUT2D eigenvalue weighted by Crippen LogP contribution is -2.39. The number of carbonyl (C=O) groups excluding carboxylic acids is 2. The van der Waals surface area contributed by atoms with Gasteiger partial charge in [0.1, 0.15) is 11.5 Å². The third-order valence-electron chi connectivity index (χ3n) is 5.83. The molecule has 1 aliphatic heterocycles. The van der Waals surface area contributed by atoms with Gasteiger partial charge in [-0.25, -0.2) is 19.3 Å². The van der Waals surface area contributed by atoms with Crippen LogP contribution in [0.3, 0.4) is 0 Å². The summed E-state index contributed by atoms with van der Waals surface area (Å²) < 4.78 is 14.6. The Morgan fingerprint density at radius 1 is 1.19 bits per heavy atom. The van der Waals surface area contributed by atoms with Crippen molar-refractivity contribution in [1.82, 2.24) is 20.3 Å². The highest BCUT2D eigenvalue weighted by molar-refractivity contribution is 5.93. The smallest absolute Gasteiger partial charge is 0.228 e. The number of nitrogens with one attached hydrogen (secondary N) is 2. The van der Waals surface area contributed by atoms with Crippen molar-refractivity contribution < 1.29 is 16.8 Å². The van der Waals surface area contributed by atoms with Gasteiger partial charge in [-0.3, -0.25) is 14.5 Å². The molecule has 2 aromatic heterocycles. The van der Waals surface area contributed by atoms with E-state index in [0.29, 0.717) is 30.3 Å². The third kappa shape index (κ3) is 5.15. The van der Waals surface area contributed by atoms with E-state index in [4.69, 9.17) is 0 Å². The topological polar surface area (TPSA) is 100 Å². The third-order valence-corrected chi connectivity index (χ3v) is 5.83. The summed E-state index contributed by atoms with van der Waals surface area (Å²) in [5.74, 6) is 0.391. The van der Waals surface area contributed by atoms with E-state index in [1.54, 1.807) is 23.2 Å². The van der Waals surface area contributed by atoms with Crippen LogP contribution in [0.5, 0.6) is 0 Å². The zero-order valence-corrected chi connectivity index (χ0v) is 17.6. The normalized spacial score (nSPS) is 21.6. The molecule has 0 aromatic carbocycles. The number of hydrogen-bond donors (Lipinski definition) is 2. The van der Waals surface area contributed by atoms with Gasteiger partial charge in [0.15, 0.2) is 5.82 Å². The number of piperidine rings is 1. The highest BCUT2D eigenvalue weighted by Gasteiger charge is 2.24. The minimum atomic E-state index is -0.526. The van der Waals surface area contributed by atoms with Crippen LogP contribution in [-0.2, 0) is 9.59 Å². The van der Waals surface area contributed by atoms with Gasteiger partial charge < -0.3 is 10.6 Å². The van der Waals surface area contributed by atoms with Crippen molar-refractivity contribution >= 4 is 23.6 Å². The van der Waals surface area contributed by atoms with Crippen LogP contribution in [0, 0.1) is 5.82 Å². The van der Waals surface area contributed by atoms with E-state index in [2.05, 4.69) is 25.6 Å². The highest BCUT2D eigenvalue weighted by atomic mass is 19.1. The number of carbonyl (C=O) groups is 2. The van der Waals surface area contributed by atoms with Crippen LogP contribution in [0.15, 0.2) is 24.5 Å². The first-order valence-electron chi connectivity index (χ1n) is 10.8. The summed E-state index contributed by atoms with van der Waals surface area (Å²) in [6, 6.07) is 3.76. The molecule has 2 N–H and O–H groups in total. The van der Waals surface area contributed by atoms with Gasteiger partial charge in [0.2, 0.25) is 17.8 Å². The Balaban J connectivity index is 0.00000193. The first-order chi connectivity index (χ1) is 15.0. The summed E-state index contributed by atoms with van der Waals surface area (Å²) in [6.07, 6.45) is 8.56. The van der Waals surface area contributed by atoms with Gasteiger partial charge in [-0.15, -0.1) is 0 Å². The van der Waals surface area contributed by atoms with Crippen molar-refractivity contribution in [2.24, 2.45) is 0 Å². The van der Waals surface area contributed by atoms with Crippen molar-refractivity contribution in [2.75, 3.05) is 16.8 Å². The lowest BCUT2D eigenvalue weighted by molar-refractivity contribution is -0.120. The predicted molar refractivity (Wildman–Crippen MR) is 119 cm³/mol. The largest absolute Gasteiger partial charge is 0.354 e. The minimum absolute atomic E-state index is 0. The molecule has 0 atom stereocenters. The summed E-state index contributed by atoms with van der Waals surface area (Å²) in [4.78, 5) is 37.9. The Bertz CT molecular complexity index is 972. The summed E-state index contributed by atoms with van der Waals surface area (Å²) in [5, 5.41) is 6.25. The molecule has 2 aliphatic rings. The van der Waals surface area contributed by atoms with E-state index in [0.717, 1.165) is 38.5 Å². The van der Waals surface area contributed by atoms with Crippen molar-refractivity contribution in [3.8, 4) is 11.3 Å². The van der Waals surface area contributed by atoms with E-state index in [1.807, 2.05) is 0 Å². The standard InChI is InChI=1S/C22H27FN6O2.2H2/c1-14(30)26-16-5-7-17(8-6-16)27-22-25-13-18(23)21(28-22)15-9-10-24-19(12-15)29-11-3-2-4-20(29)31;;/h9-10,12-13,16-17H,2-8,11H2,1H3,(H,26,30)(H,25,27,28);2*1H. The number of amides is 2. The molecule has 2 aromatic rings. The number of halogens is 1. The SMILES string of the molecule is CC(=O)NC1CCC(Nc2ncc(F)c(-c3ccnc(N4CCCCC4=O)c3)n2)CC1.[HH].[HH]. The van der Waals surface area contributed by atoms with Crippen LogP contribution in [0.4, 0.5) is 16.2 Å². The van der Waals surface area contributed by atoms with Crippen LogP contribution < -0.4 is 15.5 Å². The monoisotopic (exact) mass is 430 g/mol. The van der Waals surface area contributed by atoms with Gasteiger partial charge in [-0.2, -0.15) is 0 Å². The summed E-state index contributed by atoms with van der Waals surface area (Å²) in [6.45, 7) is 2.15. The molecule has 0 unspecified atom stereocenters. The first-order valence-corrected chi connectivity index (χ1v) is 10.8. The zero-order chi connectivity index (χ0) is 21.8. The van der Waals surface area contributed by atoms with Gasteiger partial charge >= 0.3 is 0 Å². The van der Waals surface area contributed by atoms with E-state index < -0.39 is 5.82 Å². The number of hydrogen-bond acceptors (Lipinski definition) is 6. The van der Waals surface area contributed by atoms with Crippen LogP contribution in [0.25, 0.3) is 11.3 Å². The molecule has 0 spiro atoms. The van der Waals surface area contributed by atoms with E-state index >= 15 is 0 Å². The molecule has 9 heteroatoms. The Labute approximate surface area is 183 Å². The molecule has 1 saturated heterocycles. The number of anilines is 2. The van der Waals surface area contributed by atoms with Crippen LogP contribution in [0.2, 0.25) is 0 Å². The minimum Gasteiger partial charge on any atom is -0.354 e. The molecule has 2 amide bonds. The molecular formula is C22H31FN6O2. The maximum Gasteiger partial charge on any atom is 0.228 e. The van der Waals surface area contributed by atoms with Crippen LogP contribution in [-0.4, -0.2) is 45.4 Å².